The number of nitrogens with one attached hydrogen (secondary N) is 2. The second kappa shape index (κ2) is 7.44. The van der Waals surface area contributed by atoms with Gasteiger partial charge in [-0.2, -0.15) is 14.9 Å². The monoisotopic (exact) mass is 405 g/mol. The molecular weight excluding hydrogens is 388 g/mol. The predicted octanol–water partition coefficient (Wildman–Crippen LogP) is 4.07. The maximum absolute atomic E-state index is 14.4. The van der Waals surface area contributed by atoms with Gasteiger partial charge in [-0.15, -0.1) is 0 Å². The number of benzene rings is 2. The minimum absolute atomic E-state index is 0.154. The van der Waals surface area contributed by atoms with Crippen molar-refractivity contribution in [3.8, 4) is 17.2 Å². The molecule has 0 aliphatic rings. The lowest BCUT2D eigenvalue weighted by Gasteiger charge is -2.11. The first-order chi connectivity index (χ1) is 14.4. The Morgan fingerprint density at radius 3 is 2.57 bits per heavy atom. The van der Waals surface area contributed by atoms with Gasteiger partial charge in [-0.3, -0.25) is 4.79 Å². The molecule has 4 aromatic rings. The van der Waals surface area contributed by atoms with Crippen LogP contribution in [0.5, 0.6) is 0 Å². The van der Waals surface area contributed by atoms with E-state index in [2.05, 4.69) is 21.5 Å². The van der Waals surface area contributed by atoms with Crippen molar-refractivity contribution >= 4 is 11.5 Å². The molecule has 0 spiro atoms. The third-order valence-corrected chi connectivity index (χ3v) is 4.94. The van der Waals surface area contributed by atoms with E-state index < -0.39 is 11.6 Å². The number of hydrogen-bond acceptors (Lipinski definition) is 4. The highest BCUT2D eigenvalue weighted by molar-refractivity contribution is 5.81. The first kappa shape index (κ1) is 19.3. The number of hydrogen-bond donors (Lipinski definition) is 2. The van der Waals surface area contributed by atoms with E-state index in [0.29, 0.717) is 40.4 Å². The van der Waals surface area contributed by atoms with Crippen LogP contribution in [0.2, 0.25) is 0 Å². The molecule has 0 fully saturated rings. The number of H-pyrrole nitrogens is 1. The number of aryl methyl sites for hydroxylation is 1. The Balaban J connectivity index is 1.78. The Morgan fingerprint density at radius 2 is 1.90 bits per heavy atom. The van der Waals surface area contributed by atoms with Gasteiger partial charge in [0.15, 0.2) is 0 Å². The largest absolute Gasteiger partial charge is 0.367 e. The number of rotatable bonds is 4. The van der Waals surface area contributed by atoms with Crippen molar-refractivity contribution in [3.63, 3.8) is 0 Å². The average Bonchev–Trinajstić information content (AvgIpc) is 3.06. The van der Waals surface area contributed by atoms with Gasteiger partial charge >= 0.3 is 0 Å². The summed E-state index contributed by atoms with van der Waals surface area (Å²) >= 11 is 0. The van der Waals surface area contributed by atoms with E-state index in [0.717, 1.165) is 17.7 Å². The minimum Gasteiger partial charge on any atom is -0.367 e. The zero-order valence-electron chi connectivity index (χ0n) is 16.3. The van der Waals surface area contributed by atoms with Crippen molar-refractivity contribution < 1.29 is 8.78 Å². The number of nitrogens with zero attached hydrogens (tertiary/aromatic N) is 3. The van der Waals surface area contributed by atoms with Crippen LogP contribution < -0.4 is 10.9 Å². The zero-order chi connectivity index (χ0) is 21.4. The van der Waals surface area contributed by atoms with E-state index >= 15 is 0 Å². The zero-order valence-corrected chi connectivity index (χ0v) is 16.3. The Bertz CT molecular complexity index is 1360. The van der Waals surface area contributed by atoms with E-state index in [1.54, 1.807) is 26.0 Å². The molecule has 0 aliphatic heterocycles. The fourth-order valence-corrected chi connectivity index (χ4v) is 3.35. The molecule has 2 N–H and O–H groups in total. The van der Waals surface area contributed by atoms with Gasteiger partial charge < -0.3 is 10.3 Å². The van der Waals surface area contributed by atoms with Crippen LogP contribution in [0.1, 0.15) is 22.4 Å². The van der Waals surface area contributed by atoms with E-state index in [9.17, 15) is 13.6 Å². The van der Waals surface area contributed by atoms with Gasteiger partial charge in [0.25, 0.3) is 5.56 Å². The van der Waals surface area contributed by atoms with Crippen LogP contribution in [0.3, 0.4) is 0 Å². The molecule has 0 saturated carbocycles. The maximum atomic E-state index is 14.4. The van der Waals surface area contributed by atoms with Crippen LogP contribution in [0.25, 0.3) is 16.8 Å². The van der Waals surface area contributed by atoms with Gasteiger partial charge in [0.05, 0.1) is 28.5 Å². The van der Waals surface area contributed by atoms with Crippen LogP contribution in [0, 0.1) is 36.8 Å². The lowest BCUT2D eigenvalue weighted by Crippen LogP contribution is -2.20. The number of aromatic amines is 1. The van der Waals surface area contributed by atoms with Gasteiger partial charge in [-0.1, -0.05) is 12.1 Å². The normalized spacial score (nSPS) is 10.9. The fraction of sp³-hybridized carbons (Fsp3) is 0.136. The summed E-state index contributed by atoms with van der Waals surface area (Å²) in [6, 6.07) is 12.4. The van der Waals surface area contributed by atoms with Gasteiger partial charge in [0.1, 0.15) is 23.1 Å². The molecule has 0 saturated heterocycles. The molecule has 0 unspecified atom stereocenters. The minimum atomic E-state index is -0.735. The van der Waals surface area contributed by atoms with Gasteiger partial charge in [0, 0.05) is 18.2 Å². The summed E-state index contributed by atoms with van der Waals surface area (Å²) in [5.74, 6) is -0.943. The van der Waals surface area contributed by atoms with Crippen molar-refractivity contribution in [1.82, 2.24) is 14.6 Å². The average molecular weight is 405 g/mol. The quantitative estimate of drug-likeness (QED) is 0.536. The molecule has 8 heteroatoms. The van der Waals surface area contributed by atoms with E-state index in [-0.39, 0.29) is 11.1 Å². The SMILES string of the molecule is Cc1nn2c(=O)c(C)c(NCc3ccc(C#N)cc3)[nH]c2c1-c1ccc(F)cc1F. The molecule has 30 heavy (non-hydrogen) atoms. The molecule has 2 aromatic carbocycles. The second-order valence-electron chi connectivity index (χ2n) is 6.94. The third kappa shape index (κ3) is 3.31. The molecule has 0 amide bonds. The fourth-order valence-electron chi connectivity index (χ4n) is 3.35. The molecule has 4 rings (SSSR count). The Labute approximate surface area is 170 Å². The molecule has 0 radical (unpaired) electrons. The number of aromatic nitrogens is 3. The smallest absolute Gasteiger partial charge is 0.279 e. The van der Waals surface area contributed by atoms with Crippen LogP contribution in [-0.4, -0.2) is 14.6 Å². The highest BCUT2D eigenvalue weighted by Crippen LogP contribution is 2.30. The molecule has 0 aliphatic carbocycles. The van der Waals surface area contributed by atoms with Gasteiger partial charge in [0.2, 0.25) is 0 Å². The first-order valence-corrected chi connectivity index (χ1v) is 9.19. The number of halogens is 2. The summed E-state index contributed by atoms with van der Waals surface area (Å²) in [4.78, 5) is 16.0. The first-order valence-electron chi connectivity index (χ1n) is 9.19. The van der Waals surface area contributed by atoms with Crippen molar-refractivity contribution in [2.45, 2.75) is 20.4 Å². The third-order valence-electron chi connectivity index (χ3n) is 4.94. The Hall–Kier alpha value is -3.99. The summed E-state index contributed by atoms with van der Waals surface area (Å²) in [5.41, 5.74) is 2.86. The van der Waals surface area contributed by atoms with E-state index in [4.69, 9.17) is 5.26 Å². The van der Waals surface area contributed by atoms with Crippen molar-refractivity contribution in [2.75, 3.05) is 5.32 Å². The highest BCUT2D eigenvalue weighted by atomic mass is 19.1. The molecular formula is C22H17F2N5O. The maximum Gasteiger partial charge on any atom is 0.279 e. The molecule has 0 atom stereocenters. The lowest BCUT2D eigenvalue weighted by atomic mass is 10.1. The van der Waals surface area contributed by atoms with Crippen LogP contribution in [-0.2, 0) is 6.54 Å². The summed E-state index contributed by atoms with van der Waals surface area (Å²) in [6.07, 6.45) is 0. The molecule has 150 valence electrons. The summed E-state index contributed by atoms with van der Waals surface area (Å²) in [5, 5.41) is 16.3. The summed E-state index contributed by atoms with van der Waals surface area (Å²) < 4.78 is 29.0. The molecule has 2 heterocycles. The van der Waals surface area contributed by atoms with Crippen LogP contribution in [0.4, 0.5) is 14.6 Å². The van der Waals surface area contributed by atoms with E-state index in [1.807, 2.05) is 12.1 Å². The number of nitriles is 1. The molecule has 2 aromatic heterocycles. The number of anilines is 1. The van der Waals surface area contributed by atoms with Crippen LogP contribution in [0.15, 0.2) is 47.3 Å². The number of fused-ring (bicyclic) bond motifs is 1. The lowest BCUT2D eigenvalue weighted by molar-refractivity contribution is 0.585. The van der Waals surface area contributed by atoms with Crippen molar-refractivity contribution in [3.05, 3.63) is 86.8 Å². The highest BCUT2D eigenvalue weighted by Gasteiger charge is 2.20. The Morgan fingerprint density at radius 1 is 1.17 bits per heavy atom. The van der Waals surface area contributed by atoms with Crippen molar-refractivity contribution in [1.29, 1.82) is 5.26 Å². The topological polar surface area (TPSA) is 86.0 Å². The Kier molecular flexibility index (Phi) is 4.80. The van der Waals surface area contributed by atoms with Gasteiger partial charge in [-0.05, 0) is 43.7 Å². The van der Waals surface area contributed by atoms with Crippen LogP contribution >= 0.6 is 0 Å². The summed E-state index contributed by atoms with van der Waals surface area (Å²) in [7, 11) is 0. The molecule has 6 nitrogen and oxygen atoms in total. The van der Waals surface area contributed by atoms with Gasteiger partial charge in [-0.25, -0.2) is 8.78 Å². The predicted molar refractivity (Wildman–Crippen MR) is 109 cm³/mol. The van der Waals surface area contributed by atoms with Crippen molar-refractivity contribution in [2.24, 2.45) is 0 Å². The van der Waals surface area contributed by atoms with E-state index in [1.165, 1.54) is 10.6 Å². The molecule has 0 bridgehead atoms. The summed E-state index contributed by atoms with van der Waals surface area (Å²) in [6.45, 7) is 3.73. The standard InChI is InChI=1S/C22H17F2N5O/c1-12-20(26-11-15-5-3-14(10-25)4-6-15)27-21-19(13(2)28-29(21)22(12)30)17-8-7-16(23)9-18(17)24/h3-9,26-27H,11H2,1-2H3. The second-order valence-corrected chi connectivity index (χ2v) is 6.94.